The van der Waals surface area contributed by atoms with Crippen LogP contribution in [0.1, 0.15) is 33.1 Å². The van der Waals surface area contributed by atoms with Crippen molar-refractivity contribution in [1.29, 1.82) is 0 Å². The SMILES string of the molecule is CCCC1=N[C@H](C(=O)O)C[C@@]1(C)O. The monoisotopic (exact) mass is 185 g/mol. The van der Waals surface area contributed by atoms with Crippen LogP contribution in [0.3, 0.4) is 0 Å². The number of rotatable bonds is 3. The molecular formula is C9H15NO3. The number of carbonyl (C=O) groups is 1. The van der Waals surface area contributed by atoms with Gasteiger partial charge in [-0.25, -0.2) is 4.79 Å². The van der Waals surface area contributed by atoms with Gasteiger partial charge >= 0.3 is 5.97 Å². The van der Waals surface area contributed by atoms with Gasteiger partial charge in [0.15, 0.2) is 6.04 Å². The fourth-order valence-electron chi connectivity index (χ4n) is 1.58. The summed E-state index contributed by atoms with van der Waals surface area (Å²) >= 11 is 0. The molecule has 0 unspecified atom stereocenters. The molecule has 4 nitrogen and oxygen atoms in total. The molecule has 0 bridgehead atoms. The van der Waals surface area contributed by atoms with E-state index in [2.05, 4.69) is 4.99 Å². The lowest BCUT2D eigenvalue weighted by Crippen LogP contribution is -2.32. The van der Waals surface area contributed by atoms with Gasteiger partial charge in [0.05, 0.1) is 0 Å². The Bertz CT molecular complexity index is 245. The molecule has 0 aliphatic carbocycles. The summed E-state index contributed by atoms with van der Waals surface area (Å²) in [5.74, 6) is -0.952. The second-order valence-electron chi connectivity index (χ2n) is 3.66. The molecule has 74 valence electrons. The van der Waals surface area contributed by atoms with Gasteiger partial charge in [-0.1, -0.05) is 13.3 Å². The van der Waals surface area contributed by atoms with Crippen molar-refractivity contribution < 1.29 is 15.0 Å². The predicted octanol–water partition coefficient (Wildman–Crippen LogP) is 0.835. The maximum atomic E-state index is 10.6. The summed E-state index contributed by atoms with van der Waals surface area (Å²) in [6.07, 6.45) is 1.76. The Morgan fingerprint density at radius 2 is 2.38 bits per heavy atom. The first kappa shape index (κ1) is 10.2. The van der Waals surface area contributed by atoms with Gasteiger partial charge in [0, 0.05) is 12.1 Å². The minimum Gasteiger partial charge on any atom is -0.480 e. The standard InChI is InChI=1S/C9H15NO3/c1-3-4-7-9(2,13)5-6(10-7)8(11)12/h6,13H,3-5H2,1-2H3,(H,11,12)/t6-,9+/m0/s1. The highest BCUT2D eigenvalue weighted by atomic mass is 16.4. The molecule has 1 rings (SSSR count). The van der Waals surface area contributed by atoms with Crippen LogP contribution in [-0.4, -0.2) is 33.5 Å². The van der Waals surface area contributed by atoms with Crippen molar-refractivity contribution in [1.82, 2.24) is 0 Å². The third-order valence-corrected chi connectivity index (χ3v) is 2.30. The van der Waals surface area contributed by atoms with Crippen molar-refractivity contribution in [3.8, 4) is 0 Å². The number of aliphatic imine (C=N–C) groups is 1. The highest BCUT2D eigenvalue weighted by Crippen LogP contribution is 2.26. The maximum absolute atomic E-state index is 10.6. The van der Waals surface area contributed by atoms with E-state index in [0.29, 0.717) is 12.1 Å². The average Bonchev–Trinajstić information content (AvgIpc) is 2.28. The zero-order chi connectivity index (χ0) is 10.1. The summed E-state index contributed by atoms with van der Waals surface area (Å²) in [6, 6.07) is -0.753. The average molecular weight is 185 g/mol. The molecule has 0 spiro atoms. The third-order valence-electron chi connectivity index (χ3n) is 2.30. The van der Waals surface area contributed by atoms with Gasteiger partial charge < -0.3 is 10.2 Å². The lowest BCUT2D eigenvalue weighted by molar-refractivity contribution is -0.139. The zero-order valence-corrected chi connectivity index (χ0v) is 7.95. The first-order chi connectivity index (χ1) is 5.97. The smallest absolute Gasteiger partial charge is 0.328 e. The number of hydrogen-bond acceptors (Lipinski definition) is 3. The molecule has 0 amide bonds. The lowest BCUT2D eigenvalue weighted by Gasteiger charge is -2.18. The van der Waals surface area contributed by atoms with Crippen molar-refractivity contribution in [2.24, 2.45) is 4.99 Å². The quantitative estimate of drug-likeness (QED) is 0.684. The molecule has 4 heteroatoms. The van der Waals surface area contributed by atoms with Crippen LogP contribution >= 0.6 is 0 Å². The van der Waals surface area contributed by atoms with Crippen molar-refractivity contribution >= 4 is 11.7 Å². The van der Waals surface area contributed by atoms with Gasteiger partial charge in [-0.15, -0.1) is 0 Å². The number of carboxylic acid groups (broad SMARTS) is 1. The first-order valence-electron chi connectivity index (χ1n) is 4.49. The summed E-state index contributed by atoms with van der Waals surface area (Å²) in [5, 5.41) is 18.5. The first-order valence-corrected chi connectivity index (χ1v) is 4.49. The zero-order valence-electron chi connectivity index (χ0n) is 7.95. The van der Waals surface area contributed by atoms with Crippen LogP contribution in [0.2, 0.25) is 0 Å². The molecule has 0 radical (unpaired) electrons. The van der Waals surface area contributed by atoms with Crippen LogP contribution < -0.4 is 0 Å². The fraction of sp³-hybridized carbons (Fsp3) is 0.778. The third kappa shape index (κ3) is 2.06. The van der Waals surface area contributed by atoms with Gasteiger partial charge in [-0.2, -0.15) is 0 Å². The fourth-order valence-corrected chi connectivity index (χ4v) is 1.58. The maximum Gasteiger partial charge on any atom is 0.328 e. The molecular weight excluding hydrogens is 170 g/mol. The summed E-state index contributed by atoms with van der Waals surface area (Å²) in [7, 11) is 0. The van der Waals surface area contributed by atoms with Crippen molar-refractivity contribution in [3.05, 3.63) is 0 Å². The van der Waals surface area contributed by atoms with Gasteiger partial charge in [0.25, 0.3) is 0 Å². The van der Waals surface area contributed by atoms with E-state index in [0.717, 1.165) is 6.42 Å². The molecule has 0 aromatic rings. The summed E-state index contributed by atoms with van der Waals surface area (Å²) < 4.78 is 0. The molecule has 1 aliphatic heterocycles. The Kier molecular flexibility index (Phi) is 2.71. The summed E-state index contributed by atoms with van der Waals surface area (Å²) in [4.78, 5) is 14.6. The van der Waals surface area contributed by atoms with Gasteiger partial charge in [0.1, 0.15) is 5.60 Å². The molecule has 2 atom stereocenters. The van der Waals surface area contributed by atoms with E-state index in [4.69, 9.17) is 5.11 Å². The molecule has 0 aromatic carbocycles. The largest absolute Gasteiger partial charge is 0.480 e. The second-order valence-corrected chi connectivity index (χ2v) is 3.66. The Morgan fingerprint density at radius 1 is 1.77 bits per heavy atom. The van der Waals surface area contributed by atoms with Crippen LogP contribution in [0, 0.1) is 0 Å². The predicted molar refractivity (Wildman–Crippen MR) is 49.0 cm³/mol. The Balaban J connectivity index is 2.78. The molecule has 0 aromatic heterocycles. The highest BCUT2D eigenvalue weighted by Gasteiger charge is 2.39. The van der Waals surface area contributed by atoms with Crippen LogP contribution in [0.25, 0.3) is 0 Å². The van der Waals surface area contributed by atoms with Crippen LogP contribution in [0.4, 0.5) is 0 Å². The Labute approximate surface area is 77.3 Å². The minimum absolute atomic E-state index is 0.206. The summed E-state index contributed by atoms with van der Waals surface area (Å²) in [5.41, 5.74) is -0.388. The second kappa shape index (κ2) is 3.46. The molecule has 1 heterocycles. The number of hydrogen-bond donors (Lipinski definition) is 2. The molecule has 13 heavy (non-hydrogen) atoms. The van der Waals surface area contributed by atoms with Gasteiger partial charge in [-0.3, -0.25) is 4.99 Å². The van der Waals surface area contributed by atoms with Gasteiger partial charge in [-0.05, 0) is 13.3 Å². The van der Waals surface area contributed by atoms with E-state index in [1.807, 2.05) is 6.92 Å². The normalized spacial score (nSPS) is 33.2. The van der Waals surface area contributed by atoms with E-state index < -0.39 is 17.6 Å². The Hall–Kier alpha value is -0.900. The van der Waals surface area contributed by atoms with E-state index in [-0.39, 0.29) is 6.42 Å². The minimum atomic E-state index is -1.01. The van der Waals surface area contributed by atoms with E-state index in [1.165, 1.54) is 0 Å². The summed E-state index contributed by atoms with van der Waals surface area (Å²) in [6.45, 7) is 3.61. The molecule has 2 N–H and O–H groups in total. The molecule has 0 saturated carbocycles. The van der Waals surface area contributed by atoms with Crippen LogP contribution in [0.5, 0.6) is 0 Å². The van der Waals surface area contributed by atoms with Crippen LogP contribution in [0.15, 0.2) is 4.99 Å². The number of carboxylic acids is 1. The lowest BCUT2D eigenvalue weighted by atomic mass is 9.94. The van der Waals surface area contributed by atoms with Crippen LogP contribution in [-0.2, 0) is 4.79 Å². The number of nitrogens with zero attached hydrogens (tertiary/aromatic N) is 1. The van der Waals surface area contributed by atoms with E-state index in [1.54, 1.807) is 6.92 Å². The number of aliphatic carboxylic acids is 1. The van der Waals surface area contributed by atoms with Crippen molar-refractivity contribution in [2.75, 3.05) is 0 Å². The molecule has 1 aliphatic rings. The van der Waals surface area contributed by atoms with Gasteiger partial charge in [0.2, 0.25) is 0 Å². The topological polar surface area (TPSA) is 69.9 Å². The van der Waals surface area contributed by atoms with E-state index >= 15 is 0 Å². The number of aliphatic hydroxyl groups is 1. The Morgan fingerprint density at radius 3 is 2.77 bits per heavy atom. The molecule has 0 saturated heterocycles. The molecule has 0 fully saturated rings. The highest BCUT2D eigenvalue weighted by molar-refractivity contribution is 5.97. The van der Waals surface area contributed by atoms with Crippen molar-refractivity contribution in [2.45, 2.75) is 44.8 Å². The van der Waals surface area contributed by atoms with E-state index in [9.17, 15) is 9.90 Å². The van der Waals surface area contributed by atoms with Crippen molar-refractivity contribution in [3.63, 3.8) is 0 Å².